The monoisotopic (exact) mass is 1190 g/mol. The molecule has 18 heteroatoms. The molecule has 0 aliphatic carbocycles. The van der Waals surface area contributed by atoms with Crippen molar-refractivity contribution in [3.63, 3.8) is 0 Å². The number of nitrogens with zero attached hydrogens (tertiary/aromatic N) is 4. The van der Waals surface area contributed by atoms with Crippen LogP contribution in [-0.2, 0) is 62.8 Å². The molecule has 4 heterocycles. The third-order valence-corrected chi connectivity index (χ3v) is 18.0. The topological polar surface area (TPSA) is 209 Å². The van der Waals surface area contributed by atoms with Gasteiger partial charge in [0.1, 0.15) is 28.3 Å². The summed E-state index contributed by atoms with van der Waals surface area (Å²) in [7, 11) is -1.90. The number of hydrogen-bond acceptors (Lipinski definition) is 15. The van der Waals surface area contributed by atoms with Gasteiger partial charge in [-0.25, -0.2) is 14.6 Å². The number of oxime groups is 1. The molecule has 0 saturated carbocycles. The van der Waals surface area contributed by atoms with Gasteiger partial charge in [0.15, 0.2) is 34.6 Å². The second-order valence-corrected chi connectivity index (χ2v) is 23.5. The Kier molecular flexibility index (Phi) is 17.0. The van der Waals surface area contributed by atoms with E-state index in [1.54, 1.807) is 5.38 Å². The summed E-state index contributed by atoms with van der Waals surface area (Å²) in [5.74, 6) is -3.98. The number of ether oxygens (including phenoxy) is 2. The number of carbonyl (C=O) groups excluding carboxylic acids is 4. The Hall–Kier alpha value is -10.0. The number of rotatable bonds is 20. The highest BCUT2D eigenvalue weighted by Crippen LogP contribution is 2.42. The molecule has 12 rings (SSSR count). The molecule has 4 N–H and O–H groups in total. The minimum Gasteiger partial charge on any atom is -0.504 e. The average molecular weight is 1200 g/mol. The highest BCUT2D eigenvalue weighted by Gasteiger charge is 2.58. The summed E-state index contributed by atoms with van der Waals surface area (Å²) in [5.41, 5.74) is 5.93. The third kappa shape index (κ3) is 12.2. The predicted molar refractivity (Wildman–Crippen MR) is 330 cm³/mol. The van der Waals surface area contributed by atoms with E-state index in [4.69, 9.17) is 19.3 Å². The van der Waals surface area contributed by atoms with Gasteiger partial charge in [-0.2, -0.15) is 0 Å². The van der Waals surface area contributed by atoms with E-state index in [0.717, 1.165) is 32.7 Å². The van der Waals surface area contributed by atoms with Gasteiger partial charge in [-0.1, -0.05) is 217 Å². The van der Waals surface area contributed by atoms with Crippen molar-refractivity contribution in [1.29, 1.82) is 0 Å². The number of esters is 2. The van der Waals surface area contributed by atoms with Crippen LogP contribution in [0.5, 0.6) is 11.5 Å². The highest BCUT2D eigenvalue weighted by atomic mass is 32.2. The summed E-state index contributed by atoms with van der Waals surface area (Å²) >= 11 is 1.19. The summed E-state index contributed by atoms with van der Waals surface area (Å²) in [6, 6.07) is 68.1. The van der Waals surface area contributed by atoms with Crippen molar-refractivity contribution >= 4 is 56.7 Å². The maximum atomic E-state index is 15.1. The number of aromatic hydroxyl groups is 2. The van der Waals surface area contributed by atoms with Crippen LogP contribution < -0.4 is 10.6 Å². The number of β-lactam (4-membered cyclic amide) rings is 1. The predicted octanol–water partition coefficient (Wildman–Crippen LogP) is 10.1. The van der Waals surface area contributed by atoms with Gasteiger partial charge in [0.05, 0.1) is 16.6 Å². The molecule has 436 valence electrons. The minimum absolute atomic E-state index is 0.0160. The fourth-order valence-electron chi connectivity index (χ4n) is 11.5. The molecule has 9 aromatic rings. The van der Waals surface area contributed by atoms with E-state index in [9.17, 15) is 24.0 Å². The fourth-order valence-corrected chi connectivity index (χ4v) is 13.9. The second-order valence-electron chi connectivity index (χ2n) is 21.1. The molecular weight excluding hydrogens is 1140 g/mol. The Morgan fingerprint density at radius 3 is 1.64 bits per heavy atom. The molecule has 1 aromatic heterocycles. The Morgan fingerprint density at radius 2 is 1.14 bits per heavy atom. The lowest BCUT2D eigenvalue weighted by Crippen LogP contribution is -2.74. The van der Waals surface area contributed by atoms with Gasteiger partial charge in [0.25, 0.3) is 11.8 Å². The van der Waals surface area contributed by atoms with Crippen molar-refractivity contribution in [1.82, 2.24) is 20.1 Å². The molecule has 2 amide bonds. The summed E-state index contributed by atoms with van der Waals surface area (Å²) in [4.78, 5) is 72.8. The normalized spacial score (nSPS) is 16.8. The number of thiazole rings is 1. The Labute approximate surface area is 508 Å². The zero-order valence-corrected chi connectivity index (χ0v) is 48.4. The van der Waals surface area contributed by atoms with Crippen LogP contribution in [0.4, 0.5) is 5.13 Å². The largest absolute Gasteiger partial charge is 0.504 e. The van der Waals surface area contributed by atoms with E-state index in [1.165, 1.54) is 23.5 Å². The van der Waals surface area contributed by atoms with E-state index >= 15 is 9.59 Å². The smallest absolute Gasteiger partial charge is 0.356 e. The number of nitrogens with one attached hydrogen (secondary N) is 2. The first-order chi connectivity index (χ1) is 42.5. The van der Waals surface area contributed by atoms with Crippen LogP contribution in [0.1, 0.15) is 68.0 Å². The van der Waals surface area contributed by atoms with E-state index < -0.39 is 76.0 Å². The summed E-state index contributed by atoms with van der Waals surface area (Å²) in [6.07, 6.45) is -1.20. The van der Waals surface area contributed by atoms with Crippen LogP contribution in [0, 0.1) is 0 Å². The van der Waals surface area contributed by atoms with Crippen LogP contribution in [0.25, 0.3) is 0 Å². The number of fused-ring (bicyclic) bond motifs is 2. The van der Waals surface area contributed by atoms with Crippen LogP contribution in [-0.4, -0.2) is 95.5 Å². The maximum absolute atomic E-state index is 15.1. The number of anilines is 1. The molecule has 0 spiro atoms. The van der Waals surface area contributed by atoms with E-state index in [1.807, 2.05) is 217 Å². The molecule has 3 aliphatic heterocycles. The standard InChI is InChI=1S/C69H58N6O10S2/c76-56-38-49-36-37-74(40-50(49)39-57(56)77)41-51-44-87(82)66-60(65(80)75(66)61(51)67(81)85-63(47-26-12-3-13-27-47)48-28-14-4-15-29-48)71-64(79)59(73-83-42-58(78)84-62(45-22-8-1-9-23-45)46-24-10-2-11-25-46)55-43-86-68(70-55)72-69(52-30-16-5-17-31-52,53-32-18-6-19-33-53)54-34-20-7-21-35-54/h1-35,38-39,43,60,62-63,66,76-77H,36-37,40-42,44H2,(H,70,72)(H,71,79)/b73-59-/t60?,66-,87?/m1/s1. The first-order valence-electron chi connectivity index (χ1n) is 28.2. The van der Waals surface area contributed by atoms with E-state index in [-0.39, 0.29) is 35.2 Å². The lowest BCUT2D eigenvalue weighted by molar-refractivity contribution is -0.154. The minimum atomic E-state index is -1.90. The fraction of sp³-hybridized carbons (Fsp3) is 0.159. The average Bonchev–Trinajstić information content (AvgIpc) is 0.910. The highest BCUT2D eigenvalue weighted by molar-refractivity contribution is 7.86. The van der Waals surface area contributed by atoms with Gasteiger partial charge in [0.2, 0.25) is 6.61 Å². The van der Waals surface area contributed by atoms with Crippen molar-refractivity contribution in [2.24, 2.45) is 5.16 Å². The second kappa shape index (κ2) is 25.7. The van der Waals surface area contributed by atoms with Crippen LogP contribution in [0.15, 0.2) is 246 Å². The quantitative estimate of drug-likeness (QED) is 0.0140. The zero-order valence-electron chi connectivity index (χ0n) is 46.8. The van der Waals surface area contributed by atoms with Crippen LogP contribution in [0.2, 0.25) is 0 Å². The number of aromatic nitrogens is 1. The first kappa shape index (κ1) is 57.4. The molecule has 0 bridgehead atoms. The van der Waals surface area contributed by atoms with Crippen molar-refractivity contribution in [2.45, 2.75) is 42.1 Å². The molecule has 2 unspecified atom stereocenters. The van der Waals surface area contributed by atoms with Crippen LogP contribution in [0.3, 0.4) is 0 Å². The summed E-state index contributed by atoms with van der Waals surface area (Å²) < 4.78 is 27.2. The number of benzene rings is 8. The summed E-state index contributed by atoms with van der Waals surface area (Å²) in [6.45, 7) is 0.157. The van der Waals surface area contributed by atoms with Crippen molar-refractivity contribution < 1.29 is 47.9 Å². The van der Waals surface area contributed by atoms with Gasteiger partial charge in [-0.15, -0.1) is 11.3 Å². The molecule has 16 nitrogen and oxygen atoms in total. The molecule has 1 saturated heterocycles. The van der Waals surface area contributed by atoms with E-state index in [2.05, 4.69) is 15.8 Å². The Bertz CT molecular complexity index is 3850. The lowest BCUT2D eigenvalue weighted by Gasteiger charge is -2.49. The van der Waals surface area contributed by atoms with Crippen molar-refractivity contribution in [3.05, 3.63) is 297 Å². The Morgan fingerprint density at radius 1 is 0.667 bits per heavy atom. The van der Waals surface area contributed by atoms with Gasteiger partial charge < -0.3 is 35.2 Å². The van der Waals surface area contributed by atoms with Crippen LogP contribution >= 0.6 is 11.3 Å². The molecule has 1 fully saturated rings. The zero-order chi connectivity index (χ0) is 59.9. The van der Waals surface area contributed by atoms with Gasteiger partial charge in [-0.3, -0.25) is 23.6 Å². The summed E-state index contributed by atoms with van der Waals surface area (Å²) in [5, 5.41) is 32.2. The maximum Gasteiger partial charge on any atom is 0.356 e. The van der Waals surface area contributed by atoms with Gasteiger partial charge in [0, 0.05) is 25.0 Å². The molecule has 0 radical (unpaired) electrons. The molecular formula is C69H58N6O10S2. The number of amides is 2. The van der Waals surface area contributed by atoms with Crippen molar-refractivity contribution in [2.75, 3.05) is 30.8 Å². The molecule has 8 aromatic carbocycles. The molecule has 87 heavy (non-hydrogen) atoms. The number of carbonyl (C=O) groups is 4. The molecule has 3 aliphatic rings. The number of phenols is 2. The third-order valence-electron chi connectivity index (χ3n) is 15.6. The molecule has 3 atom stereocenters. The van der Waals surface area contributed by atoms with Crippen molar-refractivity contribution in [3.8, 4) is 11.5 Å². The lowest BCUT2D eigenvalue weighted by atomic mass is 9.77. The van der Waals surface area contributed by atoms with Gasteiger partial charge in [-0.05, 0) is 74.2 Å². The number of phenolic OH excluding ortho intramolecular Hbond substituents is 2. The van der Waals surface area contributed by atoms with Gasteiger partial charge >= 0.3 is 11.9 Å². The number of hydrogen-bond donors (Lipinski definition) is 4. The Balaban J connectivity index is 0.872. The first-order valence-corrected chi connectivity index (χ1v) is 30.5. The SMILES string of the molecule is O=C(CO/N=C(\C(=O)NC1C(=O)N2C(C(=O)OC(c3ccccc3)c3ccccc3)=C(CN3CCc4cc(O)c(O)cc4C3)CS(=O)[C@H]12)c1csc(NC(c2ccccc2)(c2ccccc2)c2ccccc2)n1)OC(c1ccccc1)c1ccccc1. The van der Waals surface area contributed by atoms with E-state index in [0.29, 0.717) is 52.5 Å².